The molecular weight excluding hydrogens is 382 g/mol. The molecule has 0 amide bonds. The van der Waals surface area contributed by atoms with Crippen LogP contribution in [-0.4, -0.2) is 42.6 Å². The lowest BCUT2D eigenvalue weighted by molar-refractivity contribution is -0.385. The van der Waals surface area contributed by atoms with Crippen LogP contribution in [0.4, 0.5) is 5.69 Å². The van der Waals surface area contributed by atoms with Gasteiger partial charge in [-0.1, -0.05) is 18.2 Å². The number of nitro benzene ring substituents is 1. The fourth-order valence-corrected chi connectivity index (χ4v) is 3.15. The summed E-state index contributed by atoms with van der Waals surface area (Å²) in [7, 11) is 0. The normalized spacial score (nSPS) is 18.7. The van der Waals surface area contributed by atoms with Gasteiger partial charge in [-0.05, 0) is 20.8 Å². The van der Waals surface area contributed by atoms with Crippen molar-refractivity contribution in [2.24, 2.45) is 16.6 Å². The van der Waals surface area contributed by atoms with Crippen LogP contribution in [-0.2, 0) is 23.8 Å². The van der Waals surface area contributed by atoms with Gasteiger partial charge in [0.15, 0.2) is 0 Å². The zero-order valence-electron chi connectivity index (χ0n) is 16.4. The van der Waals surface area contributed by atoms with Gasteiger partial charge < -0.3 is 19.9 Å². The van der Waals surface area contributed by atoms with E-state index in [1.54, 1.807) is 26.8 Å². The monoisotopic (exact) mass is 405 g/mol. The average Bonchev–Trinajstić information content (AvgIpc) is 2.67. The Morgan fingerprint density at radius 1 is 1.14 bits per heavy atom. The third kappa shape index (κ3) is 4.53. The number of benzene rings is 1. The molecule has 10 heteroatoms. The quantitative estimate of drug-likeness (QED) is 0.412. The molecule has 0 radical (unpaired) electrons. The highest BCUT2D eigenvalue weighted by Crippen LogP contribution is 2.42. The Bertz CT molecular complexity index is 863. The number of ether oxygens (including phenoxy) is 3. The highest BCUT2D eigenvalue weighted by molar-refractivity contribution is 6.05. The van der Waals surface area contributed by atoms with Crippen LogP contribution in [0, 0.1) is 16.0 Å². The minimum Gasteiger partial charge on any atom is -0.480 e. The van der Waals surface area contributed by atoms with Crippen molar-refractivity contribution in [1.29, 1.82) is 0 Å². The largest absolute Gasteiger partial charge is 0.480 e. The molecule has 0 unspecified atom stereocenters. The van der Waals surface area contributed by atoms with Crippen molar-refractivity contribution in [2.45, 2.75) is 26.7 Å². The first-order valence-electron chi connectivity index (χ1n) is 9.15. The van der Waals surface area contributed by atoms with E-state index >= 15 is 0 Å². The zero-order chi connectivity index (χ0) is 21.6. The molecule has 156 valence electrons. The summed E-state index contributed by atoms with van der Waals surface area (Å²) >= 11 is 0. The van der Waals surface area contributed by atoms with Gasteiger partial charge in [0.25, 0.3) is 5.69 Å². The van der Waals surface area contributed by atoms with Crippen LogP contribution < -0.4 is 5.73 Å². The van der Waals surface area contributed by atoms with Crippen molar-refractivity contribution in [3.8, 4) is 0 Å². The first kappa shape index (κ1) is 21.9. The number of nitrogens with zero attached hydrogens (tertiary/aromatic N) is 2. The van der Waals surface area contributed by atoms with Gasteiger partial charge in [-0.3, -0.25) is 14.9 Å². The fraction of sp³-hybridized carbons (Fsp3) is 0.421. The third-order valence-electron chi connectivity index (χ3n) is 4.21. The van der Waals surface area contributed by atoms with Gasteiger partial charge in [-0.15, -0.1) is 0 Å². The Morgan fingerprint density at radius 3 is 2.38 bits per heavy atom. The number of aliphatic imine (C=N–C) groups is 1. The molecule has 10 nitrogen and oxygen atoms in total. The molecule has 0 spiro atoms. The van der Waals surface area contributed by atoms with Crippen LogP contribution in [0.15, 0.2) is 40.7 Å². The Morgan fingerprint density at radius 2 is 1.79 bits per heavy atom. The molecule has 0 saturated heterocycles. The molecule has 0 bridgehead atoms. The number of hydrogen-bond acceptors (Lipinski definition) is 9. The van der Waals surface area contributed by atoms with Gasteiger partial charge in [0, 0.05) is 17.5 Å². The number of nitro groups is 1. The van der Waals surface area contributed by atoms with E-state index in [-0.39, 0.29) is 48.4 Å². The summed E-state index contributed by atoms with van der Waals surface area (Å²) in [6.07, 6.45) is 0. The summed E-state index contributed by atoms with van der Waals surface area (Å²) < 4.78 is 15.7. The molecule has 0 fully saturated rings. The van der Waals surface area contributed by atoms with Crippen LogP contribution in [0.25, 0.3) is 0 Å². The first-order chi connectivity index (χ1) is 13.9. The molecule has 2 rings (SSSR count). The average molecular weight is 405 g/mol. The minimum absolute atomic E-state index is 0.0469. The highest BCUT2D eigenvalue weighted by atomic mass is 16.6. The van der Waals surface area contributed by atoms with E-state index in [0.29, 0.717) is 0 Å². The standard InChI is InChI=1S/C19H23N3O7/c1-4-27-17-15(19(24)29-6-3)13(11-9-7-8-10-12(11)22(25)26)14(16(20)21-17)18(23)28-5-2/h7-10,13,15H,4-6,20H2,1-3H3/t13-,15+/m1/s1. The molecule has 1 aromatic rings. The van der Waals surface area contributed by atoms with Gasteiger partial charge in [0.1, 0.15) is 11.7 Å². The van der Waals surface area contributed by atoms with Crippen LogP contribution in [0.5, 0.6) is 0 Å². The van der Waals surface area contributed by atoms with Crippen LogP contribution >= 0.6 is 0 Å². The summed E-state index contributed by atoms with van der Waals surface area (Å²) in [4.78, 5) is 40.6. The van der Waals surface area contributed by atoms with E-state index in [1.165, 1.54) is 18.2 Å². The summed E-state index contributed by atoms with van der Waals surface area (Å²) in [6, 6.07) is 5.78. The predicted octanol–water partition coefficient (Wildman–Crippen LogP) is 2.04. The maximum atomic E-state index is 12.8. The maximum absolute atomic E-state index is 12.8. The number of rotatable bonds is 7. The van der Waals surface area contributed by atoms with E-state index in [9.17, 15) is 19.7 Å². The molecule has 2 N–H and O–H groups in total. The second-order valence-electron chi connectivity index (χ2n) is 5.93. The molecule has 0 aliphatic carbocycles. The van der Waals surface area contributed by atoms with Crippen LogP contribution in [0.2, 0.25) is 0 Å². The second-order valence-corrected chi connectivity index (χ2v) is 5.93. The van der Waals surface area contributed by atoms with E-state index in [2.05, 4.69) is 4.99 Å². The van der Waals surface area contributed by atoms with Gasteiger partial charge >= 0.3 is 11.9 Å². The van der Waals surface area contributed by atoms with Crippen molar-refractivity contribution in [1.82, 2.24) is 0 Å². The van der Waals surface area contributed by atoms with Crippen molar-refractivity contribution in [2.75, 3.05) is 19.8 Å². The smallest absolute Gasteiger partial charge is 0.338 e. The molecule has 0 aromatic heterocycles. The SMILES string of the molecule is CCOC(=O)C1=C(N)N=C(OCC)[C@@H](C(=O)OCC)[C@@H]1c1ccccc1[N+](=O)[O-]. The van der Waals surface area contributed by atoms with Crippen molar-refractivity contribution < 1.29 is 28.7 Å². The van der Waals surface area contributed by atoms with Gasteiger partial charge in [-0.2, -0.15) is 4.99 Å². The first-order valence-corrected chi connectivity index (χ1v) is 9.15. The highest BCUT2D eigenvalue weighted by Gasteiger charge is 2.47. The van der Waals surface area contributed by atoms with E-state index in [0.717, 1.165) is 0 Å². The van der Waals surface area contributed by atoms with Crippen molar-refractivity contribution in [3.63, 3.8) is 0 Å². The lowest BCUT2D eigenvalue weighted by Crippen LogP contribution is -2.40. The number of carbonyl (C=O) groups is 2. The van der Waals surface area contributed by atoms with Crippen LogP contribution in [0.1, 0.15) is 32.3 Å². The predicted molar refractivity (Wildman–Crippen MR) is 103 cm³/mol. The van der Waals surface area contributed by atoms with Crippen LogP contribution in [0.3, 0.4) is 0 Å². The maximum Gasteiger partial charge on any atom is 0.338 e. The minimum atomic E-state index is -1.23. The topological polar surface area (TPSA) is 143 Å². The Labute approximate surface area is 167 Å². The summed E-state index contributed by atoms with van der Waals surface area (Å²) in [5.74, 6) is -4.24. The Kier molecular flexibility index (Phi) is 7.29. The Balaban J connectivity index is 2.78. The molecular formula is C19H23N3O7. The number of carbonyl (C=O) groups excluding carboxylic acids is 2. The molecule has 29 heavy (non-hydrogen) atoms. The van der Waals surface area contributed by atoms with Crippen molar-refractivity contribution in [3.05, 3.63) is 51.3 Å². The summed E-state index contributed by atoms with van der Waals surface area (Å²) in [6.45, 7) is 5.19. The van der Waals surface area contributed by atoms with Gasteiger partial charge in [0.05, 0.1) is 30.3 Å². The van der Waals surface area contributed by atoms with Gasteiger partial charge in [-0.25, -0.2) is 4.79 Å². The molecule has 1 heterocycles. The third-order valence-corrected chi connectivity index (χ3v) is 4.21. The van der Waals surface area contributed by atoms with Crippen molar-refractivity contribution >= 4 is 23.5 Å². The Hall–Kier alpha value is -3.43. The molecule has 1 aromatic carbocycles. The lowest BCUT2D eigenvalue weighted by Gasteiger charge is -2.31. The number of nitrogens with two attached hydrogens (primary N) is 1. The number of para-hydroxylation sites is 1. The summed E-state index contributed by atoms with van der Waals surface area (Å²) in [5, 5.41) is 11.6. The second kappa shape index (κ2) is 9.67. The van der Waals surface area contributed by atoms with E-state index in [4.69, 9.17) is 19.9 Å². The van der Waals surface area contributed by atoms with Gasteiger partial charge in [0.2, 0.25) is 5.90 Å². The number of hydrogen-bond donors (Lipinski definition) is 1. The molecule has 1 aliphatic heterocycles. The zero-order valence-corrected chi connectivity index (χ0v) is 16.4. The summed E-state index contributed by atoms with van der Waals surface area (Å²) in [5.41, 5.74) is 5.69. The molecule has 0 saturated carbocycles. The fourth-order valence-electron chi connectivity index (χ4n) is 3.15. The molecule has 1 aliphatic rings. The molecule has 2 atom stereocenters. The lowest BCUT2D eigenvalue weighted by atomic mass is 9.77. The van der Waals surface area contributed by atoms with E-state index < -0.39 is 28.7 Å². The number of esters is 2. The van der Waals surface area contributed by atoms with E-state index in [1.807, 2.05) is 0 Å².